The maximum atomic E-state index is 12.3. The summed E-state index contributed by atoms with van der Waals surface area (Å²) in [7, 11) is 1.96. The van der Waals surface area contributed by atoms with E-state index < -0.39 is 0 Å². The third-order valence-electron chi connectivity index (χ3n) is 3.88. The highest BCUT2D eigenvalue weighted by Crippen LogP contribution is 2.28. The molecule has 1 aliphatic rings. The molecule has 0 bridgehead atoms. The summed E-state index contributed by atoms with van der Waals surface area (Å²) in [5.74, 6) is 0.155. The molecule has 2 rings (SSSR count). The Morgan fingerprint density at radius 1 is 1.26 bits per heavy atom. The van der Waals surface area contributed by atoms with Crippen LogP contribution in [0.3, 0.4) is 0 Å². The van der Waals surface area contributed by atoms with Crippen molar-refractivity contribution in [2.45, 2.75) is 26.8 Å². The zero-order valence-corrected chi connectivity index (χ0v) is 12.2. The van der Waals surface area contributed by atoms with Gasteiger partial charge in [-0.15, -0.1) is 0 Å². The first-order chi connectivity index (χ1) is 8.93. The quantitative estimate of drug-likeness (QED) is 0.871. The van der Waals surface area contributed by atoms with Crippen molar-refractivity contribution in [3.8, 4) is 0 Å². The molecule has 1 heterocycles. The number of hydrogen-bond acceptors (Lipinski definition) is 3. The molecule has 1 unspecified atom stereocenters. The monoisotopic (exact) mass is 261 g/mol. The van der Waals surface area contributed by atoms with Crippen LogP contribution in [0.2, 0.25) is 0 Å². The Kier molecular flexibility index (Phi) is 3.92. The van der Waals surface area contributed by atoms with E-state index in [0.29, 0.717) is 19.6 Å². The van der Waals surface area contributed by atoms with Gasteiger partial charge in [-0.3, -0.25) is 9.69 Å². The predicted octanol–water partition coefficient (Wildman–Crippen LogP) is 1.22. The van der Waals surface area contributed by atoms with E-state index in [1.165, 1.54) is 5.56 Å². The van der Waals surface area contributed by atoms with Gasteiger partial charge < -0.3 is 10.6 Å². The standard InChI is InChI=1S/C15H23N3O/c1-10-5-11(2)15(12(3)6-10)18-8-13(7-16)17(4)9-14(18)19/h5-6,13H,7-9,16H2,1-4H3. The van der Waals surface area contributed by atoms with Crippen LogP contribution in [0.5, 0.6) is 0 Å². The number of carbonyl (C=O) groups is 1. The molecule has 104 valence electrons. The molecule has 2 N–H and O–H groups in total. The maximum Gasteiger partial charge on any atom is 0.241 e. The average Bonchev–Trinajstić information content (AvgIpc) is 2.30. The van der Waals surface area contributed by atoms with Crippen LogP contribution in [-0.4, -0.2) is 43.5 Å². The summed E-state index contributed by atoms with van der Waals surface area (Å²) >= 11 is 0. The third-order valence-corrected chi connectivity index (χ3v) is 3.88. The Balaban J connectivity index is 2.38. The van der Waals surface area contributed by atoms with Gasteiger partial charge in [-0.05, 0) is 38.9 Å². The molecular weight excluding hydrogens is 238 g/mol. The second-order valence-corrected chi connectivity index (χ2v) is 5.56. The molecule has 1 fully saturated rings. The lowest BCUT2D eigenvalue weighted by Gasteiger charge is -2.39. The minimum absolute atomic E-state index is 0.155. The summed E-state index contributed by atoms with van der Waals surface area (Å²) < 4.78 is 0. The molecule has 4 heteroatoms. The molecular formula is C15H23N3O. The zero-order valence-electron chi connectivity index (χ0n) is 12.2. The number of carbonyl (C=O) groups excluding carboxylic acids is 1. The van der Waals surface area contributed by atoms with Crippen molar-refractivity contribution in [3.05, 3.63) is 28.8 Å². The van der Waals surface area contributed by atoms with E-state index in [9.17, 15) is 4.79 Å². The number of nitrogens with two attached hydrogens (primary N) is 1. The van der Waals surface area contributed by atoms with E-state index in [2.05, 4.69) is 32.9 Å². The predicted molar refractivity (Wildman–Crippen MR) is 78.5 cm³/mol. The van der Waals surface area contributed by atoms with Crippen LogP contribution < -0.4 is 10.6 Å². The SMILES string of the molecule is Cc1cc(C)c(N2CC(CN)N(C)CC2=O)c(C)c1. The van der Waals surface area contributed by atoms with E-state index in [4.69, 9.17) is 5.73 Å². The smallest absolute Gasteiger partial charge is 0.241 e. The molecule has 1 amide bonds. The van der Waals surface area contributed by atoms with Gasteiger partial charge in [0.1, 0.15) is 0 Å². The van der Waals surface area contributed by atoms with Crippen LogP contribution in [0.25, 0.3) is 0 Å². The average molecular weight is 261 g/mol. The Bertz CT molecular complexity index is 475. The lowest BCUT2D eigenvalue weighted by molar-refractivity contribution is -0.121. The molecule has 0 radical (unpaired) electrons. The summed E-state index contributed by atoms with van der Waals surface area (Å²) in [6, 6.07) is 4.49. The number of anilines is 1. The molecule has 0 spiro atoms. The number of rotatable bonds is 2. The summed E-state index contributed by atoms with van der Waals surface area (Å²) in [6.45, 7) is 7.91. The minimum atomic E-state index is 0.155. The Hall–Kier alpha value is -1.39. The van der Waals surface area contributed by atoms with Gasteiger partial charge in [0.25, 0.3) is 0 Å². The fraction of sp³-hybridized carbons (Fsp3) is 0.533. The summed E-state index contributed by atoms with van der Waals surface area (Å²) in [4.78, 5) is 16.2. The maximum absolute atomic E-state index is 12.3. The molecule has 19 heavy (non-hydrogen) atoms. The van der Waals surface area contributed by atoms with Crippen molar-refractivity contribution >= 4 is 11.6 Å². The summed E-state index contributed by atoms with van der Waals surface area (Å²) in [5.41, 5.74) is 10.4. The van der Waals surface area contributed by atoms with Crippen LogP contribution in [0.1, 0.15) is 16.7 Å². The largest absolute Gasteiger partial charge is 0.329 e. The molecule has 1 saturated heterocycles. The summed E-state index contributed by atoms with van der Waals surface area (Å²) in [6.07, 6.45) is 0. The van der Waals surface area contributed by atoms with Crippen LogP contribution in [0.15, 0.2) is 12.1 Å². The van der Waals surface area contributed by atoms with E-state index in [0.717, 1.165) is 16.8 Å². The third kappa shape index (κ3) is 2.65. The number of likely N-dealkylation sites (N-methyl/N-ethyl adjacent to an activating group) is 1. The normalized spacial score (nSPS) is 21.0. The number of amides is 1. The number of aryl methyl sites for hydroxylation is 3. The van der Waals surface area contributed by atoms with Gasteiger partial charge in [0.05, 0.1) is 6.54 Å². The van der Waals surface area contributed by atoms with Gasteiger partial charge in [0.15, 0.2) is 0 Å². The van der Waals surface area contributed by atoms with Crippen molar-refractivity contribution in [1.82, 2.24) is 4.90 Å². The van der Waals surface area contributed by atoms with Crippen molar-refractivity contribution < 1.29 is 4.79 Å². The van der Waals surface area contributed by atoms with Crippen LogP contribution in [-0.2, 0) is 4.79 Å². The van der Waals surface area contributed by atoms with Gasteiger partial charge in [-0.1, -0.05) is 17.7 Å². The van der Waals surface area contributed by atoms with E-state index in [1.54, 1.807) is 0 Å². The van der Waals surface area contributed by atoms with Gasteiger partial charge in [0, 0.05) is 24.8 Å². The van der Waals surface area contributed by atoms with E-state index in [1.807, 2.05) is 16.8 Å². The molecule has 1 aromatic rings. The van der Waals surface area contributed by atoms with Crippen molar-refractivity contribution in [2.75, 3.05) is 31.6 Å². The van der Waals surface area contributed by atoms with Gasteiger partial charge >= 0.3 is 0 Å². The second kappa shape index (κ2) is 5.31. The molecule has 1 aromatic carbocycles. The highest BCUT2D eigenvalue weighted by molar-refractivity contribution is 5.97. The second-order valence-electron chi connectivity index (χ2n) is 5.56. The van der Waals surface area contributed by atoms with Crippen molar-refractivity contribution in [1.29, 1.82) is 0 Å². The minimum Gasteiger partial charge on any atom is -0.329 e. The molecule has 1 aliphatic heterocycles. The van der Waals surface area contributed by atoms with Crippen molar-refractivity contribution in [2.24, 2.45) is 5.73 Å². The van der Waals surface area contributed by atoms with Gasteiger partial charge in [0.2, 0.25) is 5.91 Å². The zero-order chi connectivity index (χ0) is 14.2. The van der Waals surface area contributed by atoms with Gasteiger partial charge in [-0.2, -0.15) is 0 Å². The highest BCUT2D eigenvalue weighted by atomic mass is 16.2. The van der Waals surface area contributed by atoms with Gasteiger partial charge in [-0.25, -0.2) is 0 Å². The fourth-order valence-electron chi connectivity index (χ4n) is 2.95. The fourth-order valence-corrected chi connectivity index (χ4v) is 2.95. The Morgan fingerprint density at radius 3 is 2.37 bits per heavy atom. The van der Waals surface area contributed by atoms with Crippen LogP contribution in [0, 0.1) is 20.8 Å². The number of piperazine rings is 1. The summed E-state index contributed by atoms with van der Waals surface area (Å²) in [5, 5.41) is 0. The number of benzene rings is 1. The molecule has 0 aromatic heterocycles. The van der Waals surface area contributed by atoms with Crippen LogP contribution >= 0.6 is 0 Å². The van der Waals surface area contributed by atoms with E-state index in [-0.39, 0.29) is 11.9 Å². The Morgan fingerprint density at radius 2 is 1.84 bits per heavy atom. The molecule has 1 atom stereocenters. The van der Waals surface area contributed by atoms with E-state index >= 15 is 0 Å². The Labute approximate surface area is 115 Å². The topological polar surface area (TPSA) is 49.6 Å². The first-order valence-corrected chi connectivity index (χ1v) is 6.72. The lowest BCUT2D eigenvalue weighted by atomic mass is 10.0. The first kappa shape index (κ1) is 14.0. The molecule has 4 nitrogen and oxygen atoms in total. The number of nitrogens with zero attached hydrogens (tertiary/aromatic N) is 2. The highest BCUT2D eigenvalue weighted by Gasteiger charge is 2.31. The van der Waals surface area contributed by atoms with Crippen LogP contribution in [0.4, 0.5) is 5.69 Å². The lowest BCUT2D eigenvalue weighted by Crippen LogP contribution is -2.57. The molecule has 0 saturated carbocycles. The first-order valence-electron chi connectivity index (χ1n) is 6.72. The molecule has 0 aliphatic carbocycles. The van der Waals surface area contributed by atoms with Crippen molar-refractivity contribution in [3.63, 3.8) is 0 Å². The number of hydrogen-bond donors (Lipinski definition) is 1.